The van der Waals surface area contributed by atoms with E-state index in [1.807, 2.05) is 0 Å². The van der Waals surface area contributed by atoms with Crippen molar-refractivity contribution >= 4 is 24.8 Å². The van der Waals surface area contributed by atoms with Gasteiger partial charge in [0.15, 0.2) is 0 Å². The summed E-state index contributed by atoms with van der Waals surface area (Å²) < 4.78 is 49.2. The van der Waals surface area contributed by atoms with Gasteiger partial charge < -0.3 is 35.5 Å². The number of hydrogen-bond donors (Lipinski definition) is 5. The number of alkyl halides is 3. The summed E-state index contributed by atoms with van der Waals surface area (Å²) in [5.41, 5.74) is -0.101. The average Bonchev–Trinajstić information content (AvgIpc) is 3.02. The predicted molar refractivity (Wildman–Crippen MR) is 163 cm³/mol. The minimum Gasteiger partial charge on any atom is -0.497 e. The largest absolute Gasteiger partial charge is 0.497 e. The lowest BCUT2D eigenvalue weighted by molar-refractivity contribution is -0.137. The lowest BCUT2D eigenvalue weighted by atomic mass is 9.75. The maximum atomic E-state index is 13.6. The highest BCUT2D eigenvalue weighted by Crippen LogP contribution is 2.28. The molecule has 0 saturated heterocycles. The summed E-state index contributed by atoms with van der Waals surface area (Å²) in [4.78, 5) is 43.6. The number of rotatable bonds is 14. The van der Waals surface area contributed by atoms with Gasteiger partial charge >= 0.3 is 13.3 Å². The van der Waals surface area contributed by atoms with Crippen molar-refractivity contribution in [3.63, 3.8) is 0 Å². The zero-order chi connectivity index (χ0) is 34.0. The van der Waals surface area contributed by atoms with E-state index in [9.17, 15) is 37.6 Å². The van der Waals surface area contributed by atoms with Gasteiger partial charge in [-0.25, -0.2) is 0 Å². The summed E-state index contributed by atoms with van der Waals surface area (Å²) in [6.07, 6.45) is -4.12. The Morgan fingerprint density at radius 1 is 0.804 bits per heavy atom. The Labute approximate surface area is 264 Å². The van der Waals surface area contributed by atoms with Crippen LogP contribution in [-0.2, 0) is 28.6 Å². The molecule has 0 radical (unpaired) electrons. The third kappa shape index (κ3) is 10.2. The molecule has 3 amide bonds. The van der Waals surface area contributed by atoms with E-state index in [1.165, 1.54) is 14.2 Å². The van der Waals surface area contributed by atoms with E-state index in [0.29, 0.717) is 34.9 Å². The topological polar surface area (TPSA) is 159 Å². The maximum absolute atomic E-state index is 13.6. The molecule has 3 aromatic rings. The highest BCUT2D eigenvalue weighted by molar-refractivity contribution is 6.43. The van der Waals surface area contributed by atoms with Crippen LogP contribution in [0.5, 0.6) is 11.5 Å². The van der Waals surface area contributed by atoms with Crippen LogP contribution in [0.15, 0.2) is 66.9 Å². The second kappa shape index (κ2) is 16.1. The molecule has 0 spiro atoms. The Morgan fingerprint density at radius 3 is 1.78 bits per heavy atom. The number of pyridine rings is 1. The van der Waals surface area contributed by atoms with Crippen LogP contribution in [0, 0.1) is 5.92 Å². The molecule has 46 heavy (non-hydrogen) atoms. The zero-order valence-corrected chi connectivity index (χ0v) is 25.7. The molecule has 1 aromatic heterocycles. The molecule has 11 nitrogen and oxygen atoms in total. The van der Waals surface area contributed by atoms with E-state index in [2.05, 4.69) is 20.9 Å². The number of benzene rings is 2. The number of amides is 3. The maximum Gasteiger partial charge on any atom is 0.475 e. The molecule has 1 heterocycles. The van der Waals surface area contributed by atoms with Crippen molar-refractivity contribution in [3.05, 3.63) is 89.2 Å². The number of hydrogen-bond acceptors (Lipinski definition) is 8. The van der Waals surface area contributed by atoms with Gasteiger partial charge in [-0.05, 0) is 59.9 Å². The highest BCUT2D eigenvalue weighted by atomic mass is 19.4. The molecule has 0 saturated carbocycles. The molecule has 246 valence electrons. The fourth-order valence-electron chi connectivity index (χ4n) is 4.44. The number of nitrogens with zero attached hydrogens (tertiary/aromatic N) is 1. The van der Waals surface area contributed by atoms with Crippen molar-refractivity contribution in [2.45, 2.75) is 50.9 Å². The highest BCUT2D eigenvalue weighted by Gasteiger charge is 2.34. The molecule has 5 N–H and O–H groups in total. The smallest absolute Gasteiger partial charge is 0.475 e. The zero-order valence-electron chi connectivity index (χ0n) is 25.7. The van der Waals surface area contributed by atoms with Gasteiger partial charge in [-0.2, -0.15) is 13.2 Å². The molecule has 0 unspecified atom stereocenters. The lowest BCUT2D eigenvalue weighted by Crippen LogP contribution is -2.59. The van der Waals surface area contributed by atoms with E-state index in [4.69, 9.17) is 9.47 Å². The second-order valence-electron chi connectivity index (χ2n) is 10.8. The molecular weight excluding hydrogens is 608 g/mol. The fraction of sp³-hybridized carbons (Fsp3) is 0.355. The molecule has 0 aliphatic carbocycles. The van der Waals surface area contributed by atoms with Gasteiger partial charge in [0.2, 0.25) is 11.8 Å². The fourth-order valence-corrected chi connectivity index (χ4v) is 4.44. The SMILES string of the molecule is COc1ccc(C[C@H](NC(=O)[C@@H](NC(=O)[C@H](Cc2ccc(OC)cc2)NC(=O)c2ccc(C(F)(F)F)cn2)C(C)C)B(O)O)cc1. The molecular formula is C31H36BF3N4O7. The predicted octanol–water partition coefficient (Wildman–Crippen LogP) is 2.34. The molecule has 15 heteroatoms. The monoisotopic (exact) mass is 644 g/mol. The minimum absolute atomic E-state index is 0.0515. The Kier molecular flexibility index (Phi) is 12.5. The third-order valence-electron chi connectivity index (χ3n) is 7.09. The Bertz CT molecular complexity index is 1450. The van der Waals surface area contributed by atoms with E-state index in [0.717, 1.165) is 6.07 Å². The lowest BCUT2D eigenvalue weighted by Gasteiger charge is -2.27. The Morgan fingerprint density at radius 2 is 1.35 bits per heavy atom. The van der Waals surface area contributed by atoms with Crippen molar-refractivity contribution in [3.8, 4) is 11.5 Å². The van der Waals surface area contributed by atoms with Crippen LogP contribution < -0.4 is 25.4 Å². The molecule has 0 aliphatic heterocycles. The Balaban J connectivity index is 1.80. The first-order valence-corrected chi connectivity index (χ1v) is 14.3. The number of carbonyl (C=O) groups excluding carboxylic acids is 3. The van der Waals surface area contributed by atoms with Crippen LogP contribution in [0.2, 0.25) is 0 Å². The van der Waals surface area contributed by atoms with Gasteiger partial charge in [0.05, 0.1) is 25.7 Å². The van der Waals surface area contributed by atoms with Crippen molar-refractivity contribution in [1.29, 1.82) is 0 Å². The number of aromatic nitrogens is 1. The van der Waals surface area contributed by atoms with E-state index in [-0.39, 0.29) is 18.5 Å². The summed E-state index contributed by atoms with van der Waals surface area (Å²) in [6, 6.07) is 12.6. The average molecular weight is 644 g/mol. The van der Waals surface area contributed by atoms with Crippen molar-refractivity contribution < 1.29 is 47.1 Å². The Hall–Kier alpha value is -4.63. The number of methoxy groups -OCH3 is 2. The summed E-state index contributed by atoms with van der Waals surface area (Å²) in [5, 5.41) is 27.7. The molecule has 3 rings (SSSR count). The standard InChI is InChI=1S/C31H36BF3N4O7/c1-18(2)27(30(42)38-26(32(43)44)16-20-7-12-23(46-4)13-8-20)39-29(41)25(15-19-5-10-22(45-3)11-6-19)37-28(40)24-14-9-21(17-36-24)31(33,34)35/h5-14,17-18,25-27,43-44H,15-16H2,1-4H3,(H,37,40)(H,38,42)(H,39,41)/t25-,26-,27-/m0/s1. The quantitative estimate of drug-likeness (QED) is 0.167. The van der Waals surface area contributed by atoms with Crippen LogP contribution in [0.25, 0.3) is 0 Å². The van der Waals surface area contributed by atoms with Gasteiger partial charge in [-0.15, -0.1) is 0 Å². The van der Waals surface area contributed by atoms with Crippen LogP contribution in [-0.4, -0.2) is 72.1 Å². The van der Waals surface area contributed by atoms with Crippen molar-refractivity contribution in [2.24, 2.45) is 5.92 Å². The van der Waals surface area contributed by atoms with E-state index >= 15 is 0 Å². The van der Waals surface area contributed by atoms with Gasteiger partial charge in [0.1, 0.15) is 29.3 Å². The normalized spacial score (nSPS) is 13.3. The number of nitrogens with one attached hydrogen (secondary N) is 3. The van der Waals surface area contributed by atoms with E-state index in [1.54, 1.807) is 62.4 Å². The van der Waals surface area contributed by atoms with Gasteiger partial charge in [-0.1, -0.05) is 38.1 Å². The van der Waals surface area contributed by atoms with Crippen LogP contribution >= 0.6 is 0 Å². The first-order valence-electron chi connectivity index (χ1n) is 14.3. The first-order chi connectivity index (χ1) is 21.7. The van der Waals surface area contributed by atoms with Gasteiger partial charge in [0, 0.05) is 12.6 Å². The van der Waals surface area contributed by atoms with Crippen LogP contribution in [0.3, 0.4) is 0 Å². The number of carbonyl (C=O) groups is 3. The molecule has 2 aromatic carbocycles. The summed E-state index contributed by atoms with van der Waals surface area (Å²) in [5.74, 6) is -2.82. The number of halogens is 3. The van der Waals surface area contributed by atoms with Gasteiger partial charge in [-0.3, -0.25) is 19.4 Å². The molecule has 0 aliphatic rings. The second-order valence-corrected chi connectivity index (χ2v) is 10.8. The first kappa shape index (κ1) is 35.8. The number of ether oxygens (including phenoxy) is 2. The van der Waals surface area contributed by atoms with Crippen molar-refractivity contribution in [2.75, 3.05) is 14.2 Å². The molecule has 0 bridgehead atoms. The summed E-state index contributed by atoms with van der Waals surface area (Å²) in [6.45, 7) is 3.34. The van der Waals surface area contributed by atoms with Crippen molar-refractivity contribution in [1.82, 2.24) is 20.9 Å². The summed E-state index contributed by atoms with van der Waals surface area (Å²) in [7, 11) is 1.07. The molecule has 3 atom stereocenters. The summed E-state index contributed by atoms with van der Waals surface area (Å²) >= 11 is 0. The van der Waals surface area contributed by atoms with Gasteiger partial charge in [0.25, 0.3) is 5.91 Å². The molecule has 0 fully saturated rings. The van der Waals surface area contributed by atoms with Crippen LogP contribution in [0.4, 0.5) is 13.2 Å². The third-order valence-corrected chi connectivity index (χ3v) is 7.09. The minimum atomic E-state index is -4.65. The van der Waals surface area contributed by atoms with Crippen LogP contribution in [0.1, 0.15) is 41.0 Å². The van der Waals surface area contributed by atoms with E-state index < -0.39 is 60.5 Å².